The van der Waals surface area contributed by atoms with E-state index < -0.39 is 5.54 Å². The van der Waals surface area contributed by atoms with Crippen molar-refractivity contribution in [3.05, 3.63) is 29.6 Å². The molecule has 0 radical (unpaired) electrons. The summed E-state index contributed by atoms with van der Waals surface area (Å²) in [6, 6.07) is 1.74. The summed E-state index contributed by atoms with van der Waals surface area (Å²) in [5.41, 5.74) is 1.42. The van der Waals surface area contributed by atoms with Crippen LogP contribution in [0, 0.1) is 6.92 Å². The molecule has 1 saturated heterocycles. The van der Waals surface area contributed by atoms with E-state index in [1.54, 1.807) is 17.3 Å². The first kappa shape index (κ1) is 12.1. The maximum absolute atomic E-state index is 12.1. The van der Waals surface area contributed by atoms with Gasteiger partial charge in [-0.3, -0.25) is 15.1 Å². The normalized spacial score (nSPS) is 21.2. The molecule has 0 bridgehead atoms. The molecule has 1 saturated carbocycles. The van der Waals surface area contributed by atoms with Gasteiger partial charge in [0.2, 0.25) is 0 Å². The molecule has 1 N–H and O–H groups in total. The summed E-state index contributed by atoms with van der Waals surface area (Å²) in [4.78, 5) is 29.9. The quantitative estimate of drug-likeness (QED) is 0.823. The minimum atomic E-state index is -0.610. The summed E-state index contributed by atoms with van der Waals surface area (Å²) in [6.45, 7) is 2.42. The van der Waals surface area contributed by atoms with Gasteiger partial charge >= 0.3 is 6.03 Å². The van der Waals surface area contributed by atoms with Crippen molar-refractivity contribution in [2.45, 2.75) is 44.7 Å². The van der Waals surface area contributed by atoms with Gasteiger partial charge in [-0.25, -0.2) is 4.79 Å². The molecule has 3 rings (SSSR count). The predicted molar refractivity (Wildman–Crippen MR) is 69.3 cm³/mol. The molecule has 1 aliphatic heterocycles. The van der Waals surface area contributed by atoms with E-state index in [0.717, 1.165) is 36.8 Å². The molecule has 1 aromatic heterocycles. The number of nitrogens with one attached hydrogen (secondary N) is 1. The van der Waals surface area contributed by atoms with Gasteiger partial charge in [0.25, 0.3) is 5.91 Å². The number of hydrogen-bond donors (Lipinski definition) is 1. The first-order valence-electron chi connectivity index (χ1n) is 6.65. The number of pyridine rings is 1. The highest BCUT2D eigenvalue weighted by Gasteiger charge is 2.53. The smallest absolute Gasteiger partial charge is 0.305 e. The minimum Gasteiger partial charge on any atom is -0.305 e. The Morgan fingerprint density at radius 1 is 1.32 bits per heavy atom. The van der Waals surface area contributed by atoms with Crippen LogP contribution >= 0.6 is 0 Å². The van der Waals surface area contributed by atoms with Gasteiger partial charge in [-0.15, -0.1) is 0 Å². The van der Waals surface area contributed by atoms with Crippen LogP contribution in [-0.2, 0) is 11.3 Å². The molecule has 0 aromatic carbocycles. The summed E-state index contributed by atoms with van der Waals surface area (Å²) in [6.07, 6.45) is 7.08. The molecule has 2 heterocycles. The summed E-state index contributed by atoms with van der Waals surface area (Å²) in [5, 5.41) is 2.46. The summed E-state index contributed by atoms with van der Waals surface area (Å²) < 4.78 is 0. The fraction of sp³-hybridized carbons (Fsp3) is 0.500. The number of amides is 3. The molecule has 1 spiro atoms. The number of carbonyl (C=O) groups excluding carboxylic acids is 2. The Labute approximate surface area is 112 Å². The number of aryl methyl sites for hydroxylation is 1. The lowest BCUT2D eigenvalue weighted by Crippen LogP contribution is -2.46. The molecule has 100 valence electrons. The monoisotopic (exact) mass is 259 g/mol. The second kappa shape index (κ2) is 4.33. The number of nitrogens with zero attached hydrogens (tertiary/aromatic N) is 2. The number of imide groups is 1. The highest BCUT2D eigenvalue weighted by Crippen LogP contribution is 2.39. The highest BCUT2D eigenvalue weighted by molar-refractivity contribution is 6.07. The van der Waals surface area contributed by atoms with E-state index in [0.29, 0.717) is 6.54 Å². The van der Waals surface area contributed by atoms with E-state index in [1.807, 2.05) is 13.0 Å². The van der Waals surface area contributed by atoms with Crippen molar-refractivity contribution >= 4 is 11.9 Å². The van der Waals surface area contributed by atoms with Gasteiger partial charge in [-0.1, -0.05) is 18.9 Å². The van der Waals surface area contributed by atoms with E-state index in [9.17, 15) is 9.59 Å². The Kier molecular flexibility index (Phi) is 2.77. The van der Waals surface area contributed by atoms with Crippen molar-refractivity contribution in [1.82, 2.24) is 15.2 Å². The van der Waals surface area contributed by atoms with E-state index >= 15 is 0 Å². The Balaban J connectivity index is 1.90. The van der Waals surface area contributed by atoms with Crippen molar-refractivity contribution in [2.75, 3.05) is 0 Å². The van der Waals surface area contributed by atoms with Crippen LogP contribution in [0.2, 0.25) is 0 Å². The van der Waals surface area contributed by atoms with Crippen LogP contribution in [0.1, 0.15) is 36.8 Å². The lowest BCUT2D eigenvalue weighted by Gasteiger charge is -2.31. The zero-order valence-corrected chi connectivity index (χ0v) is 11.0. The molecule has 5 heteroatoms. The SMILES string of the molecule is Cc1cncc(CN2C(=O)NC(=O)C23CCCC3)c1. The van der Waals surface area contributed by atoms with Gasteiger partial charge in [0.05, 0.1) is 6.54 Å². The van der Waals surface area contributed by atoms with Crippen molar-refractivity contribution in [2.24, 2.45) is 0 Å². The average molecular weight is 259 g/mol. The molecule has 19 heavy (non-hydrogen) atoms. The van der Waals surface area contributed by atoms with Gasteiger partial charge in [0, 0.05) is 12.4 Å². The van der Waals surface area contributed by atoms with Gasteiger partial charge in [-0.2, -0.15) is 0 Å². The summed E-state index contributed by atoms with van der Waals surface area (Å²) in [5.74, 6) is -0.129. The zero-order chi connectivity index (χ0) is 13.5. The first-order valence-corrected chi connectivity index (χ1v) is 6.65. The van der Waals surface area contributed by atoms with Crippen LogP contribution in [0.4, 0.5) is 4.79 Å². The van der Waals surface area contributed by atoms with Gasteiger partial charge in [-0.05, 0) is 30.9 Å². The second-order valence-electron chi connectivity index (χ2n) is 5.45. The van der Waals surface area contributed by atoms with Crippen molar-refractivity contribution < 1.29 is 9.59 Å². The van der Waals surface area contributed by atoms with Crippen LogP contribution in [0.25, 0.3) is 0 Å². The van der Waals surface area contributed by atoms with E-state index in [-0.39, 0.29) is 11.9 Å². The van der Waals surface area contributed by atoms with E-state index in [1.165, 1.54) is 0 Å². The molecule has 1 aromatic rings. The van der Waals surface area contributed by atoms with Crippen molar-refractivity contribution in [3.63, 3.8) is 0 Å². The number of urea groups is 1. The van der Waals surface area contributed by atoms with Gasteiger partial charge < -0.3 is 4.90 Å². The topological polar surface area (TPSA) is 62.3 Å². The second-order valence-corrected chi connectivity index (χ2v) is 5.45. The Morgan fingerprint density at radius 3 is 2.74 bits per heavy atom. The molecule has 3 amide bonds. The largest absolute Gasteiger partial charge is 0.325 e. The van der Waals surface area contributed by atoms with Crippen LogP contribution in [0.3, 0.4) is 0 Å². The lowest BCUT2D eigenvalue weighted by molar-refractivity contribution is -0.126. The van der Waals surface area contributed by atoms with Crippen molar-refractivity contribution in [1.29, 1.82) is 0 Å². The Morgan fingerprint density at radius 2 is 2.05 bits per heavy atom. The van der Waals surface area contributed by atoms with Crippen LogP contribution in [0.5, 0.6) is 0 Å². The average Bonchev–Trinajstić information content (AvgIpc) is 2.93. The molecular formula is C14H17N3O2. The number of carbonyl (C=O) groups is 2. The Hall–Kier alpha value is -1.91. The molecular weight excluding hydrogens is 242 g/mol. The van der Waals surface area contributed by atoms with Gasteiger partial charge in [0.15, 0.2) is 0 Å². The number of rotatable bonds is 2. The third-order valence-corrected chi connectivity index (χ3v) is 4.11. The van der Waals surface area contributed by atoms with E-state index in [2.05, 4.69) is 10.3 Å². The minimum absolute atomic E-state index is 0.129. The fourth-order valence-electron chi connectivity index (χ4n) is 3.16. The maximum Gasteiger partial charge on any atom is 0.325 e. The third-order valence-electron chi connectivity index (χ3n) is 4.11. The third kappa shape index (κ3) is 1.89. The molecule has 2 aliphatic rings. The molecule has 1 aliphatic carbocycles. The standard InChI is InChI=1S/C14H17N3O2/c1-10-6-11(8-15-7-10)9-17-13(19)16-12(18)14(17)4-2-3-5-14/h6-8H,2-5,9H2,1H3,(H,16,18,19). The molecule has 2 fully saturated rings. The zero-order valence-electron chi connectivity index (χ0n) is 11.0. The van der Waals surface area contributed by atoms with Crippen LogP contribution in [-0.4, -0.2) is 27.4 Å². The molecule has 0 unspecified atom stereocenters. The Bertz CT molecular complexity index is 535. The van der Waals surface area contributed by atoms with Crippen LogP contribution in [0.15, 0.2) is 18.5 Å². The van der Waals surface area contributed by atoms with E-state index in [4.69, 9.17) is 0 Å². The fourth-order valence-corrected chi connectivity index (χ4v) is 3.16. The summed E-state index contributed by atoms with van der Waals surface area (Å²) >= 11 is 0. The molecule has 0 atom stereocenters. The highest BCUT2D eigenvalue weighted by atomic mass is 16.2. The number of hydrogen-bond acceptors (Lipinski definition) is 3. The number of aromatic nitrogens is 1. The van der Waals surface area contributed by atoms with Crippen molar-refractivity contribution in [3.8, 4) is 0 Å². The molecule has 5 nitrogen and oxygen atoms in total. The maximum atomic E-state index is 12.1. The predicted octanol–water partition coefficient (Wildman–Crippen LogP) is 1.75. The first-order chi connectivity index (χ1) is 9.12. The van der Waals surface area contributed by atoms with Gasteiger partial charge in [0.1, 0.15) is 5.54 Å². The summed E-state index contributed by atoms with van der Waals surface area (Å²) in [7, 11) is 0. The van der Waals surface area contributed by atoms with Crippen LogP contribution < -0.4 is 5.32 Å². The lowest BCUT2D eigenvalue weighted by atomic mass is 9.95.